The fourth-order valence-electron chi connectivity index (χ4n) is 6.19. The number of rotatable bonds is 8. The van der Waals surface area contributed by atoms with Gasteiger partial charge in [0.15, 0.2) is 10.9 Å². The zero-order valence-corrected chi connectivity index (χ0v) is 25.7. The van der Waals surface area contributed by atoms with Gasteiger partial charge in [-0.2, -0.15) is 0 Å². The van der Waals surface area contributed by atoms with E-state index in [1.165, 1.54) is 0 Å². The Kier molecular flexibility index (Phi) is 8.82. The van der Waals surface area contributed by atoms with Crippen molar-refractivity contribution in [2.75, 3.05) is 51.3 Å². The van der Waals surface area contributed by atoms with E-state index in [9.17, 15) is 14.4 Å². The molecule has 0 bridgehead atoms. The lowest BCUT2D eigenvalue weighted by Gasteiger charge is -2.32. The number of likely N-dealkylation sites (tertiary alicyclic amines) is 1. The number of nitrogens with zero attached hydrogens (tertiary/aromatic N) is 4. The smallest absolute Gasteiger partial charge is 0.251 e. The number of hydrogen-bond acceptors (Lipinski definition) is 8. The quantitative estimate of drug-likeness (QED) is 0.508. The fourth-order valence-corrected chi connectivity index (χ4v) is 7.08. The molecule has 2 amide bonds. The predicted molar refractivity (Wildman–Crippen MR) is 161 cm³/mol. The highest BCUT2D eigenvalue weighted by atomic mass is 32.1. The average Bonchev–Trinajstić information content (AvgIpc) is 3.66. The van der Waals surface area contributed by atoms with Crippen LogP contribution in [0.2, 0.25) is 0 Å². The van der Waals surface area contributed by atoms with E-state index in [1.807, 2.05) is 12.1 Å². The second-order valence-electron chi connectivity index (χ2n) is 12.9. The molecule has 4 atom stereocenters. The van der Waals surface area contributed by atoms with Gasteiger partial charge in [-0.05, 0) is 37.4 Å². The Hall–Kier alpha value is -2.82. The van der Waals surface area contributed by atoms with Crippen molar-refractivity contribution < 1.29 is 19.1 Å². The molecular formula is C31H43N5O4S. The van der Waals surface area contributed by atoms with Gasteiger partial charge in [0.25, 0.3) is 5.91 Å². The SMILES string of the molecule is CCC[C@H]1CN(C(=O)[C@H](CC(C)(C)C)NC(=O)c2ccc(-c3csc(N4CCN(C)CC4)n3)cc2)[C@@H]2C(=O)CO[C@H]12. The topological polar surface area (TPSA) is 95.1 Å². The molecule has 3 aliphatic rings. The molecule has 9 nitrogen and oxygen atoms in total. The summed E-state index contributed by atoms with van der Waals surface area (Å²) < 4.78 is 5.81. The number of Topliss-reactive ketones (excluding diaryl/α,β-unsaturated/α-hetero) is 1. The molecule has 2 aromatic rings. The highest BCUT2D eigenvalue weighted by Crippen LogP contribution is 2.35. The van der Waals surface area contributed by atoms with E-state index >= 15 is 0 Å². The summed E-state index contributed by atoms with van der Waals surface area (Å²) in [4.78, 5) is 51.2. The van der Waals surface area contributed by atoms with E-state index in [4.69, 9.17) is 9.72 Å². The maximum Gasteiger partial charge on any atom is 0.251 e. The molecule has 1 aromatic heterocycles. The van der Waals surface area contributed by atoms with Crippen molar-refractivity contribution in [1.29, 1.82) is 0 Å². The summed E-state index contributed by atoms with van der Waals surface area (Å²) >= 11 is 1.64. The molecule has 0 aliphatic carbocycles. The van der Waals surface area contributed by atoms with E-state index in [-0.39, 0.29) is 41.6 Å². The van der Waals surface area contributed by atoms with Gasteiger partial charge in [0.05, 0.1) is 11.8 Å². The molecule has 0 spiro atoms. The standard InChI is InChI=1S/C31H43N5O4S/c1-6-7-22-17-36(26-25(37)18-40-27(22)26)29(39)23(16-31(2,3)4)32-28(38)21-10-8-20(9-11-21)24-19-41-30(33-24)35-14-12-34(5)13-15-35/h8-11,19,22-23,26-27H,6-7,12-18H2,1-5H3,(H,32,38)/t22-,23-,26+,27+/m0/s1. The van der Waals surface area contributed by atoms with Crippen LogP contribution >= 0.6 is 11.3 Å². The molecule has 3 saturated heterocycles. The molecule has 1 N–H and O–H groups in total. The van der Waals surface area contributed by atoms with Gasteiger partial charge in [0.1, 0.15) is 18.7 Å². The number of hydrogen-bond donors (Lipinski definition) is 1. The number of benzene rings is 1. The normalized spacial score (nSPS) is 24.0. The number of ether oxygens (including phenoxy) is 1. The van der Waals surface area contributed by atoms with Crippen molar-refractivity contribution in [2.45, 2.75) is 65.1 Å². The highest BCUT2D eigenvalue weighted by molar-refractivity contribution is 7.14. The molecule has 5 rings (SSSR count). The minimum atomic E-state index is -0.735. The molecule has 0 saturated carbocycles. The van der Waals surface area contributed by atoms with E-state index in [0.29, 0.717) is 18.5 Å². The number of fused-ring (bicyclic) bond motifs is 1. The van der Waals surface area contributed by atoms with Crippen LogP contribution in [0.1, 0.15) is 57.3 Å². The molecule has 4 heterocycles. The molecule has 0 radical (unpaired) electrons. The molecule has 41 heavy (non-hydrogen) atoms. The number of thiazole rings is 1. The number of anilines is 1. The van der Waals surface area contributed by atoms with E-state index in [0.717, 1.165) is 55.4 Å². The van der Waals surface area contributed by atoms with Crippen molar-refractivity contribution in [3.8, 4) is 11.3 Å². The number of amides is 2. The molecule has 3 aliphatic heterocycles. The van der Waals surface area contributed by atoms with Crippen LogP contribution in [0, 0.1) is 11.3 Å². The van der Waals surface area contributed by atoms with Crippen molar-refractivity contribution >= 4 is 34.1 Å². The third kappa shape index (κ3) is 6.65. The minimum absolute atomic E-state index is 0.0452. The van der Waals surface area contributed by atoms with Gasteiger partial charge in [-0.1, -0.05) is 46.2 Å². The second-order valence-corrected chi connectivity index (χ2v) is 13.7. The molecule has 222 valence electrons. The lowest BCUT2D eigenvalue weighted by atomic mass is 9.87. The van der Waals surface area contributed by atoms with Crippen LogP contribution < -0.4 is 10.2 Å². The van der Waals surface area contributed by atoms with Crippen molar-refractivity contribution in [3.05, 3.63) is 35.2 Å². The van der Waals surface area contributed by atoms with Crippen LogP contribution in [0.25, 0.3) is 11.3 Å². The van der Waals surface area contributed by atoms with Gasteiger partial charge in [-0.3, -0.25) is 14.4 Å². The maximum atomic E-state index is 13.9. The van der Waals surface area contributed by atoms with E-state index in [2.05, 4.69) is 55.2 Å². The molecule has 0 unspecified atom stereocenters. The Morgan fingerprint density at radius 3 is 2.51 bits per heavy atom. The van der Waals surface area contributed by atoms with Crippen LogP contribution in [-0.4, -0.2) is 96.9 Å². The summed E-state index contributed by atoms with van der Waals surface area (Å²) in [5, 5.41) is 6.09. The van der Waals surface area contributed by atoms with Crippen molar-refractivity contribution in [2.24, 2.45) is 11.3 Å². The van der Waals surface area contributed by atoms with Crippen LogP contribution in [0.3, 0.4) is 0 Å². The third-order valence-corrected chi connectivity index (χ3v) is 9.26. The van der Waals surface area contributed by atoms with Crippen LogP contribution in [0.4, 0.5) is 5.13 Å². The number of piperazine rings is 1. The Morgan fingerprint density at radius 2 is 1.85 bits per heavy atom. The lowest BCUT2D eigenvalue weighted by Crippen LogP contribution is -2.53. The predicted octanol–water partition coefficient (Wildman–Crippen LogP) is 3.69. The van der Waals surface area contributed by atoms with Gasteiger partial charge in [0, 0.05) is 55.1 Å². The molecule has 1 aromatic carbocycles. The van der Waals surface area contributed by atoms with Gasteiger partial charge in [-0.15, -0.1) is 11.3 Å². The Bertz CT molecular complexity index is 1250. The lowest BCUT2D eigenvalue weighted by molar-refractivity contribution is -0.138. The number of nitrogens with one attached hydrogen (secondary N) is 1. The first-order valence-corrected chi connectivity index (χ1v) is 15.7. The van der Waals surface area contributed by atoms with E-state index in [1.54, 1.807) is 28.4 Å². The molecular weight excluding hydrogens is 538 g/mol. The summed E-state index contributed by atoms with van der Waals surface area (Å²) in [5.74, 6) is -0.403. The molecule has 3 fully saturated rings. The Morgan fingerprint density at radius 1 is 1.15 bits per heavy atom. The zero-order chi connectivity index (χ0) is 29.3. The summed E-state index contributed by atoms with van der Waals surface area (Å²) in [6.07, 6.45) is 2.08. The molecule has 10 heteroatoms. The number of likely N-dealkylation sites (N-methyl/N-ethyl adjacent to an activating group) is 1. The number of ketones is 1. The van der Waals surface area contributed by atoms with Crippen LogP contribution in [-0.2, 0) is 14.3 Å². The first-order chi connectivity index (χ1) is 19.5. The zero-order valence-electron chi connectivity index (χ0n) is 24.9. The first kappa shape index (κ1) is 29.7. The van der Waals surface area contributed by atoms with Gasteiger partial charge >= 0.3 is 0 Å². The highest BCUT2D eigenvalue weighted by Gasteiger charge is 2.52. The van der Waals surface area contributed by atoms with Gasteiger partial charge in [0.2, 0.25) is 5.91 Å². The number of aromatic nitrogens is 1. The van der Waals surface area contributed by atoms with Gasteiger partial charge in [-0.25, -0.2) is 4.98 Å². The third-order valence-electron chi connectivity index (χ3n) is 8.36. The Balaban J connectivity index is 1.28. The summed E-state index contributed by atoms with van der Waals surface area (Å²) in [7, 11) is 2.14. The maximum absolute atomic E-state index is 13.9. The monoisotopic (exact) mass is 581 g/mol. The first-order valence-electron chi connectivity index (χ1n) is 14.8. The minimum Gasteiger partial charge on any atom is -0.367 e. The average molecular weight is 582 g/mol. The number of carbonyl (C=O) groups excluding carboxylic acids is 3. The van der Waals surface area contributed by atoms with Crippen molar-refractivity contribution in [1.82, 2.24) is 20.1 Å². The fraction of sp³-hybridized carbons (Fsp3) is 0.613. The van der Waals surface area contributed by atoms with Crippen LogP contribution in [0.5, 0.6) is 0 Å². The summed E-state index contributed by atoms with van der Waals surface area (Å²) in [6.45, 7) is 12.8. The largest absolute Gasteiger partial charge is 0.367 e. The summed E-state index contributed by atoms with van der Waals surface area (Å²) in [5.41, 5.74) is 2.12. The Labute approximate surface area is 247 Å². The van der Waals surface area contributed by atoms with Crippen molar-refractivity contribution in [3.63, 3.8) is 0 Å². The van der Waals surface area contributed by atoms with Crippen LogP contribution in [0.15, 0.2) is 29.6 Å². The van der Waals surface area contributed by atoms with E-state index < -0.39 is 12.1 Å². The van der Waals surface area contributed by atoms with Gasteiger partial charge < -0.3 is 24.8 Å². The summed E-state index contributed by atoms with van der Waals surface area (Å²) in [6, 6.07) is 6.11. The number of carbonyl (C=O) groups is 3. The second kappa shape index (κ2) is 12.2.